The number of hydrogen-bond donors (Lipinski definition) is 4. The third-order valence-electron chi connectivity index (χ3n) is 14.7. The quantitative estimate of drug-likeness (QED) is 0.0458. The van der Waals surface area contributed by atoms with E-state index in [1.165, 1.54) is 295 Å². The molecule has 1 amide bonds. The van der Waals surface area contributed by atoms with E-state index in [-0.39, 0.29) is 6.61 Å². The Bertz CT molecular complexity index is 883. The average Bonchev–Trinajstić information content (AvgIpc) is 3.31. The minimum atomic E-state index is -1.07. The zero-order valence-electron chi connectivity index (χ0n) is 44.7. The molecule has 0 aromatic carbocycles. The van der Waals surface area contributed by atoms with E-state index in [9.17, 15) is 20.1 Å². The highest BCUT2D eigenvalue weighted by Crippen LogP contribution is 2.19. The highest BCUT2D eigenvalue weighted by Gasteiger charge is 2.23. The van der Waals surface area contributed by atoms with Crippen LogP contribution in [0.2, 0.25) is 0 Å². The highest BCUT2D eigenvalue weighted by atomic mass is 16.3. The predicted octanol–water partition coefficient (Wildman–Crippen LogP) is 18.9. The normalized spacial score (nSPS) is 13.1. The van der Waals surface area contributed by atoms with Crippen molar-refractivity contribution in [3.05, 3.63) is 0 Å². The second kappa shape index (κ2) is 55.9. The second-order valence-electron chi connectivity index (χ2n) is 21.3. The van der Waals surface area contributed by atoms with Crippen LogP contribution in [0.1, 0.15) is 354 Å². The summed E-state index contributed by atoms with van der Waals surface area (Å²) in [5.41, 5.74) is 0. The van der Waals surface area contributed by atoms with Crippen LogP contribution in [0.3, 0.4) is 0 Å². The Morgan fingerprint density at radius 1 is 0.308 bits per heavy atom. The van der Waals surface area contributed by atoms with E-state index in [1.54, 1.807) is 0 Å². The van der Waals surface area contributed by atoms with Gasteiger partial charge in [0.05, 0.1) is 18.8 Å². The Labute approximate surface area is 408 Å². The topological polar surface area (TPSA) is 89.8 Å². The van der Waals surface area contributed by atoms with Crippen molar-refractivity contribution in [1.29, 1.82) is 0 Å². The molecule has 0 aliphatic rings. The van der Waals surface area contributed by atoms with Crippen LogP contribution in [-0.2, 0) is 4.79 Å². The number of aliphatic hydroxyl groups is 3. The number of rotatable bonds is 57. The number of hydrogen-bond acceptors (Lipinski definition) is 4. The molecule has 65 heavy (non-hydrogen) atoms. The predicted molar refractivity (Wildman–Crippen MR) is 287 cm³/mol. The number of aliphatic hydroxyl groups excluding tert-OH is 3. The monoisotopic (exact) mass is 920 g/mol. The molecule has 5 heteroatoms. The summed E-state index contributed by atoms with van der Waals surface area (Å²) in [6.45, 7) is 4.28. The standard InChI is InChI=1S/C60H121NO4/c1-3-5-7-9-11-13-15-17-19-21-23-25-26-27-28-29-30-31-32-33-35-37-39-41-43-45-47-49-51-53-55-59(64)60(65)61-57(56-62)58(63)54-52-50-48-46-44-42-40-38-36-34-24-22-20-18-16-14-12-10-8-6-4-2/h57-59,62-64H,3-56H2,1-2H3,(H,61,65). The molecular weight excluding hydrogens is 799 g/mol. The molecule has 0 aliphatic heterocycles. The molecule has 0 radical (unpaired) electrons. The van der Waals surface area contributed by atoms with Gasteiger partial charge in [-0.2, -0.15) is 0 Å². The first kappa shape index (κ1) is 64.3. The molecule has 5 nitrogen and oxygen atoms in total. The van der Waals surface area contributed by atoms with Crippen molar-refractivity contribution in [2.24, 2.45) is 0 Å². The van der Waals surface area contributed by atoms with Crippen molar-refractivity contribution in [1.82, 2.24) is 5.32 Å². The fourth-order valence-electron chi connectivity index (χ4n) is 10.0. The van der Waals surface area contributed by atoms with Crippen LogP contribution in [0.15, 0.2) is 0 Å². The van der Waals surface area contributed by atoms with E-state index >= 15 is 0 Å². The van der Waals surface area contributed by atoms with Crippen LogP contribution in [0.25, 0.3) is 0 Å². The van der Waals surface area contributed by atoms with Crippen LogP contribution < -0.4 is 5.32 Å². The molecule has 0 saturated carbocycles. The summed E-state index contributed by atoms with van der Waals surface area (Å²) < 4.78 is 0. The van der Waals surface area contributed by atoms with Gasteiger partial charge in [0.15, 0.2) is 0 Å². The van der Waals surface area contributed by atoms with Crippen molar-refractivity contribution >= 4 is 5.91 Å². The van der Waals surface area contributed by atoms with Gasteiger partial charge < -0.3 is 20.6 Å². The molecule has 4 N–H and O–H groups in total. The summed E-state index contributed by atoms with van der Waals surface area (Å²) in [4.78, 5) is 12.6. The van der Waals surface area contributed by atoms with Crippen LogP contribution in [0.4, 0.5) is 0 Å². The zero-order valence-corrected chi connectivity index (χ0v) is 44.7. The first-order valence-corrected chi connectivity index (χ1v) is 30.3. The summed E-state index contributed by atoms with van der Waals surface area (Å²) in [5, 5.41) is 33.6. The summed E-state index contributed by atoms with van der Waals surface area (Å²) >= 11 is 0. The van der Waals surface area contributed by atoms with Gasteiger partial charge >= 0.3 is 0 Å². The van der Waals surface area contributed by atoms with Crippen molar-refractivity contribution in [2.75, 3.05) is 6.61 Å². The highest BCUT2D eigenvalue weighted by molar-refractivity contribution is 5.80. The van der Waals surface area contributed by atoms with Gasteiger partial charge in [-0.05, 0) is 12.8 Å². The summed E-state index contributed by atoms with van der Waals surface area (Å²) in [6, 6.07) is -0.708. The molecule has 0 aliphatic carbocycles. The number of amides is 1. The van der Waals surface area contributed by atoms with E-state index in [0.29, 0.717) is 12.8 Å². The van der Waals surface area contributed by atoms with Crippen LogP contribution >= 0.6 is 0 Å². The molecule has 0 aromatic heterocycles. The Balaban J connectivity index is 3.46. The SMILES string of the molecule is CCCCCCCCCCCCCCCCCCCCCCCCCCCCCCCCC(O)C(=O)NC(CO)C(O)CCCCCCCCCCCCCCCCCCCCCCC. The molecule has 0 saturated heterocycles. The lowest BCUT2D eigenvalue weighted by atomic mass is 10.0. The van der Waals surface area contributed by atoms with Crippen LogP contribution in [0.5, 0.6) is 0 Å². The molecule has 0 fully saturated rings. The molecule has 0 rings (SSSR count). The van der Waals surface area contributed by atoms with Gasteiger partial charge in [-0.3, -0.25) is 4.79 Å². The van der Waals surface area contributed by atoms with E-state index in [1.807, 2.05) is 0 Å². The van der Waals surface area contributed by atoms with Gasteiger partial charge in [0, 0.05) is 0 Å². The van der Waals surface area contributed by atoms with E-state index in [2.05, 4.69) is 19.2 Å². The van der Waals surface area contributed by atoms with Gasteiger partial charge in [0.1, 0.15) is 6.10 Å². The Morgan fingerprint density at radius 3 is 0.692 bits per heavy atom. The van der Waals surface area contributed by atoms with Gasteiger partial charge in [-0.15, -0.1) is 0 Å². The lowest BCUT2D eigenvalue weighted by Gasteiger charge is -2.23. The van der Waals surface area contributed by atoms with Gasteiger partial charge in [0.25, 0.3) is 0 Å². The van der Waals surface area contributed by atoms with Crippen molar-refractivity contribution in [2.45, 2.75) is 372 Å². The largest absolute Gasteiger partial charge is 0.394 e. The minimum absolute atomic E-state index is 0.307. The van der Waals surface area contributed by atoms with Crippen LogP contribution in [-0.4, -0.2) is 46.1 Å². The van der Waals surface area contributed by atoms with E-state index in [4.69, 9.17) is 0 Å². The summed E-state index contributed by atoms with van der Waals surface area (Å²) in [6.07, 6.45) is 68.8. The molecule has 390 valence electrons. The number of nitrogens with one attached hydrogen (secondary N) is 1. The smallest absolute Gasteiger partial charge is 0.249 e. The first-order valence-electron chi connectivity index (χ1n) is 30.3. The van der Waals surface area contributed by atoms with Crippen LogP contribution in [0, 0.1) is 0 Å². The van der Waals surface area contributed by atoms with Crippen molar-refractivity contribution in [3.63, 3.8) is 0 Å². The maximum absolute atomic E-state index is 12.6. The first-order chi connectivity index (χ1) is 32.1. The van der Waals surface area contributed by atoms with Crippen molar-refractivity contribution in [3.8, 4) is 0 Å². The number of carbonyl (C=O) groups is 1. The molecular formula is C60H121NO4. The third kappa shape index (κ3) is 51.0. The Hall–Kier alpha value is -0.650. The number of unbranched alkanes of at least 4 members (excludes halogenated alkanes) is 49. The zero-order chi connectivity index (χ0) is 47.2. The lowest BCUT2D eigenvalue weighted by Crippen LogP contribution is -2.49. The second-order valence-corrected chi connectivity index (χ2v) is 21.3. The van der Waals surface area contributed by atoms with E-state index in [0.717, 1.165) is 32.1 Å². The summed E-state index contributed by atoms with van der Waals surface area (Å²) in [5.74, 6) is -0.461. The minimum Gasteiger partial charge on any atom is -0.394 e. The molecule has 0 spiro atoms. The molecule has 0 bridgehead atoms. The number of carbonyl (C=O) groups excluding carboxylic acids is 1. The molecule has 0 aromatic rings. The Kier molecular flexibility index (Phi) is 55.4. The maximum Gasteiger partial charge on any atom is 0.249 e. The van der Waals surface area contributed by atoms with Gasteiger partial charge in [0.2, 0.25) is 5.91 Å². The van der Waals surface area contributed by atoms with E-state index < -0.39 is 24.2 Å². The maximum atomic E-state index is 12.6. The average molecular weight is 921 g/mol. The Morgan fingerprint density at radius 2 is 0.492 bits per heavy atom. The molecule has 0 heterocycles. The molecule has 3 unspecified atom stereocenters. The fraction of sp³-hybridized carbons (Fsp3) is 0.983. The van der Waals surface area contributed by atoms with Gasteiger partial charge in [-0.1, -0.05) is 341 Å². The lowest BCUT2D eigenvalue weighted by molar-refractivity contribution is -0.131. The van der Waals surface area contributed by atoms with Gasteiger partial charge in [-0.25, -0.2) is 0 Å². The fourth-order valence-corrected chi connectivity index (χ4v) is 10.0. The third-order valence-corrected chi connectivity index (χ3v) is 14.7. The summed E-state index contributed by atoms with van der Waals surface area (Å²) in [7, 11) is 0. The molecule has 3 atom stereocenters. The van der Waals surface area contributed by atoms with Crippen molar-refractivity contribution < 1.29 is 20.1 Å².